The quantitative estimate of drug-likeness (QED) is 0.250. The Balaban J connectivity index is 0.000000243. The van der Waals surface area contributed by atoms with Crippen molar-refractivity contribution >= 4 is 0 Å². The van der Waals surface area contributed by atoms with E-state index in [4.69, 9.17) is 11.3 Å². The number of hydrogen-bond acceptors (Lipinski definition) is 6. The monoisotopic (exact) mass is 336 g/mol. The summed E-state index contributed by atoms with van der Waals surface area (Å²) < 4.78 is 0. The van der Waals surface area contributed by atoms with Gasteiger partial charge in [-0.15, -0.1) is 0 Å². The van der Waals surface area contributed by atoms with E-state index in [1.807, 2.05) is 0 Å². The number of aromatic amines is 4. The molecule has 0 aliphatic rings. The van der Waals surface area contributed by atoms with Crippen molar-refractivity contribution in [1.82, 2.24) is 19.9 Å². The largest absolute Gasteiger partial charge is 0.330 e. The van der Waals surface area contributed by atoms with Crippen LogP contribution in [0, 0.1) is 0 Å². The Kier molecular flexibility index (Phi) is 7.48. The van der Waals surface area contributed by atoms with Gasteiger partial charge in [0.05, 0.1) is 0 Å². The summed E-state index contributed by atoms with van der Waals surface area (Å²) in [5.41, 5.74) is 12.3. The molecule has 0 aromatic carbocycles. The van der Waals surface area contributed by atoms with Crippen LogP contribution in [0.5, 0.6) is 0 Å². The first-order chi connectivity index (χ1) is 11.5. The van der Waals surface area contributed by atoms with Gasteiger partial charge in [-0.05, 0) is 24.9 Å². The van der Waals surface area contributed by atoms with Gasteiger partial charge in [-0.1, -0.05) is 5.11 Å². The molecule has 0 amide bonds. The van der Waals surface area contributed by atoms with E-state index in [9.17, 15) is 19.2 Å². The number of hydrogen-bond donors (Lipinski definition) is 5. The zero-order valence-electron chi connectivity index (χ0n) is 12.5. The van der Waals surface area contributed by atoms with E-state index < -0.39 is 16.9 Å². The van der Waals surface area contributed by atoms with Gasteiger partial charge in [-0.2, -0.15) is 0 Å². The Morgan fingerprint density at radius 1 is 0.958 bits per heavy atom. The minimum absolute atomic E-state index is 0.200. The molecule has 0 saturated heterocycles. The molecule has 0 saturated carbocycles. The number of nitrogens with one attached hydrogen (secondary N) is 4. The summed E-state index contributed by atoms with van der Waals surface area (Å²) in [7, 11) is 0. The lowest BCUT2D eigenvalue weighted by atomic mass is 10.2. The van der Waals surface area contributed by atoms with E-state index in [0.29, 0.717) is 30.5 Å². The molecular weight excluding hydrogens is 320 g/mol. The second-order valence-corrected chi connectivity index (χ2v) is 4.44. The molecule has 0 aliphatic heterocycles. The van der Waals surface area contributed by atoms with Gasteiger partial charge in [-0.25, -0.2) is 9.59 Å². The Labute approximate surface area is 133 Å². The highest BCUT2D eigenvalue weighted by Gasteiger charge is 1.98. The van der Waals surface area contributed by atoms with E-state index in [0.717, 1.165) is 0 Å². The molecule has 2 rings (SSSR count). The van der Waals surface area contributed by atoms with Crippen molar-refractivity contribution in [3.63, 3.8) is 0 Å². The van der Waals surface area contributed by atoms with E-state index in [1.165, 1.54) is 12.4 Å². The fraction of sp³-hybridized carbons (Fsp3) is 0.333. The van der Waals surface area contributed by atoms with Crippen LogP contribution in [0.3, 0.4) is 0 Å². The van der Waals surface area contributed by atoms with Gasteiger partial charge in [0.15, 0.2) is 0 Å². The van der Waals surface area contributed by atoms with Crippen LogP contribution >= 0.6 is 0 Å². The number of nitrogens with two attached hydrogens (primary N) is 1. The van der Waals surface area contributed by atoms with Crippen molar-refractivity contribution in [3.05, 3.63) is 75.6 Å². The first-order valence-corrected chi connectivity index (χ1v) is 6.80. The number of H-pyrrole nitrogens is 4. The summed E-state index contributed by atoms with van der Waals surface area (Å²) in [5, 5.41) is 3.27. The summed E-state index contributed by atoms with van der Waals surface area (Å²) in [6, 6.07) is 0. The van der Waals surface area contributed by atoms with Crippen molar-refractivity contribution in [2.45, 2.75) is 12.8 Å². The fourth-order valence-corrected chi connectivity index (χ4v) is 1.62. The smallest absolute Gasteiger partial charge is 0.325 e. The Hall–Kier alpha value is -3.37. The summed E-state index contributed by atoms with van der Waals surface area (Å²) in [6.07, 6.45) is 3.49. The van der Waals surface area contributed by atoms with Gasteiger partial charge < -0.3 is 15.7 Å². The molecule has 0 radical (unpaired) electrons. The number of azide groups is 1. The molecule has 2 aromatic heterocycles. The van der Waals surface area contributed by atoms with Gasteiger partial charge in [0.2, 0.25) is 0 Å². The standard InChI is InChI=1S/C6H7N5O2.C6H9N3O2/c7-11-9-2-1-4-3-8-6(13)10-5(4)12;7-2-1-4-3-8-6(11)9-5(4)10/h3H,1-2H2,(H2,8,10,12,13);3H,1-2,7H2,(H2,8,9,10,11). The predicted molar refractivity (Wildman–Crippen MR) is 85.8 cm³/mol. The minimum atomic E-state index is -0.544. The van der Waals surface area contributed by atoms with E-state index in [-0.39, 0.29) is 12.1 Å². The van der Waals surface area contributed by atoms with Gasteiger partial charge in [0.25, 0.3) is 11.1 Å². The molecule has 12 nitrogen and oxygen atoms in total. The second-order valence-electron chi connectivity index (χ2n) is 4.44. The highest BCUT2D eigenvalue weighted by atomic mass is 16.2. The average molecular weight is 336 g/mol. The maximum atomic E-state index is 11.0. The molecule has 24 heavy (non-hydrogen) atoms. The normalized spacial score (nSPS) is 9.54. The molecule has 2 heterocycles. The molecule has 0 bridgehead atoms. The Morgan fingerprint density at radius 2 is 1.46 bits per heavy atom. The summed E-state index contributed by atoms with van der Waals surface area (Å²) in [5.74, 6) is 0. The van der Waals surface area contributed by atoms with Crippen LogP contribution in [0.4, 0.5) is 0 Å². The SMILES string of the molecule is NCCc1c[nH]c(=O)[nH]c1=O.[N-]=[N+]=NCCc1c[nH]c(=O)[nH]c1=O. The second kappa shape index (κ2) is 9.61. The van der Waals surface area contributed by atoms with Gasteiger partial charge in [0.1, 0.15) is 0 Å². The van der Waals surface area contributed by atoms with Crippen molar-refractivity contribution in [3.8, 4) is 0 Å². The lowest BCUT2D eigenvalue weighted by Gasteiger charge is -1.93. The van der Waals surface area contributed by atoms with E-state index >= 15 is 0 Å². The summed E-state index contributed by atoms with van der Waals surface area (Å²) in [4.78, 5) is 54.4. The third kappa shape index (κ3) is 6.17. The molecule has 128 valence electrons. The average Bonchev–Trinajstić information content (AvgIpc) is 2.53. The zero-order valence-corrected chi connectivity index (χ0v) is 12.5. The highest BCUT2D eigenvalue weighted by Crippen LogP contribution is 1.87. The third-order valence-electron chi connectivity index (χ3n) is 2.75. The Morgan fingerprint density at radius 3 is 1.88 bits per heavy atom. The predicted octanol–water partition coefficient (Wildman–Crippen LogP) is -1.52. The molecule has 0 atom stereocenters. The third-order valence-corrected chi connectivity index (χ3v) is 2.75. The lowest BCUT2D eigenvalue weighted by Crippen LogP contribution is -2.25. The van der Waals surface area contributed by atoms with Crippen LogP contribution in [0.15, 0.2) is 36.7 Å². The van der Waals surface area contributed by atoms with Crippen molar-refractivity contribution in [2.75, 3.05) is 13.1 Å². The number of nitrogens with zero attached hydrogens (tertiary/aromatic N) is 3. The summed E-state index contributed by atoms with van der Waals surface area (Å²) in [6.45, 7) is 0.598. The van der Waals surface area contributed by atoms with Crippen LogP contribution in [-0.2, 0) is 12.8 Å². The molecule has 0 aliphatic carbocycles. The van der Waals surface area contributed by atoms with E-state index in [1.54, 1.807) is 0 Å². The molecular formula is C12H16N8O4. The first-order valence-electron chi connectivity index (χ1n) is 6.80. The van der Waals surface area contributed by atoms with Crippen LogP contribution in [0.2, 0.25) is 0 Å². The van der Waals surface area contributed by atoms with Crippen LogP contribution in [0.1, 0.15) is 11.1 Å². The maximum absolute atomic E-state index is 11.0. The number of aromatic nitrogens is 4. The lowest BCUT2D eigenvalue weighted by molar-refractivity contribution is 0.897. The van der Waals surface area contributed by atoms with Gasteiger partial charge in [0, 0.05) is 35.0 Å². The van der Waals surface area contributed by atoms with Crippen molar-refractivity contribution < 1.29 is 0 Å². The highest BCUT2D eigenvalue weighted by molar-refractivity contribution is 5.04. The van der Waals surface area contributed by atoms with Crippen LogP contribution in [0.25, 0.3) is 10.4 Å². The van der Waals surface area contributed by atoms with Gasteiger partial charge >= 0.3 is 11.4 Å². The molecule has 0 spiro atoms. The number of rotatable bonds is 5. The topological polar surface area (TPSA) is 206 Å². The fourth-order valence-electron chi connectivity index (χ4n) is 1.62. The van der Waals surface area contributed by atoms with Gasteiger partial charge in [-0.3, -0.25) is 19.6 Å². The van der Waals surface area contributed by atoms with Crippen molar-refractivity contribution in [2.24, 2.45) is 10.8 Å². The minimum Gasteiger partial charge on any atom is -0.330 e. The maximum Gasteiger partial charge on any atom is 0.325 e. The molecule has 2 aromatic rings. The van der Waals surface area contributed by atoms with Crippen LogP contribution in [-0.4, -0.2) is 33.0 Å². The molecule has 12 heteroatoms. The first kappa shape index (κ1) is 18.7. The van der Waals surface area contributed by atoms with Crippen molar-refractivity contribution in [1.29, 1.82) is 0 Å². The summed E-state index contributed by atoms with van der Waals surface area (Å²) >= 11 is 0. The zero-order chi connectivity index (χ0) is 17.9. The van der Waals surface area contributed by atoms with E-state index in [2.05, 4.69) is 30.0 Å². The molecule has 0 fully saturated rings. The molecule has 0 unspecified atom stereocenters. The van der Waals surface area contributed by atoms with Crippen LogP contribution < -0.4 is 28.2 Å². The molecule has 6 N–H and O–H groups in total. The Bertz CT molecular complexity index is 931.